The standard InChI is InChI=1S/C20H18N2O5S/c1-13-7-8-14(11-17(13)27-15-5-3-2-4-6-15)21-16-12-18(20-25-9-10-26-20)28-19(16)22(23)24/h2-8,11-12,20-21H,9-10H2,1H3. The molecule has 0 unspecified atom stereocenters. The molecule has 1 fully saturated rings. The Morgan fingerprint density at radius 1 is 1.14 bits per heavy atom. The molecule has 1 aromatic heterocycles. The van der Waals surface area contributed by atoms with Gasteiger partial charge in [-0.1, -0.05) is 35.6 Å². The van der Waals surface area contributed by atoms with Gasteiger partial charge >= 0.3 is 5.00 Å². The SMILES string of the molecule is Cc1ccc(Nc2cc(C3OCCO3)sc2[N+](=O)[O-])cc1Oc1ccccc1. The fraction of sp³-hybridized carbons (Fsp3) is 0.200. The summed E-state index contributed by atoms with van der Waals surface area (Å²) in [6.07, 6.45) is -0.547. The molecule has 0 atom stereocenters. The molecule has 8 heteroatoms. The molecule has 1 aliphatic rings. The van der Waals surface area contributed by atoms with E-state index in [0.29, 0.717) is 35.2 Å². The summed E-state index contributed by atoms with van der Waals surface area (Å²) in [6, 6.07) is 16.8. The van der Waals surface area contributed by atoms with Crippen molar-refractivity contribution in [2.75, 3.05) is 18.5 Å². The first kappa shape index (κ1) is 18.4. The number of hydrogen-bond acceptors (Lipinski definition) is 7. The number of ether oxygens (including phenoxy) is 3. The van der Waals surface area contributed by atoms with Crippen LogP contribution in [0, 0.1) is 17.0 Å². The third-order valence-corrected chi connectivity index (χ3v) is 5.30. The smallest absolute Gasteiger partial charge is 0.347 e. The predicted octanol–water partition coefficient (Wildman–Crippen LogP) is 5.55. The molecule has 1 aliphatic heterocycles. The van der Waals surface area contributed by atoms with Gasteiger partial charge < -0.3 is 19.5 Å². The average molecular weight is 398 g/mol. The zero-order valence-corrected chi connectivity index (χ0v) is 15.9. The van der Waals surface area contributed by atoms with E-state index in [2.05, 4.69) is 5.32 Å². The van der Waals surface area contributed by atoms with Crippen LogP contribution in [0.2, 0.25) is 0 Å². The quantitative estimate of drug-likeness (QED) is 0.433. The predicted molar refractivity (Wildman–Crippen MR) is 107 cm³/mol. The number of benzene rings is 2. The van der Waals surface area contributed by atoms with Crippen molar-refractivity contribution in [3.8, 4) is 11.5 Å². The number of nitro groups is 1. The van der Waals surface area contributed by atoms with Gasteiger partial charge in [-0.3, -0.25) is 10.1 Å². The molecule has 2 heterocycles. The number of thiophene rings is 1. The maximum atomic E-state index is 11.5. The Labute approximate surface area is 165 Å². The normalized spacial score (nSPS) is 14.2. The van der Waals surface area contributed by atoms with E-state index in [-0.39, 0.29) is 5.00 Å². The summed E-state index contributed by atoms with van der Waals surface area (Å²) >= 11 is 1.05. The van der Waals surface area contributed by atoms with Crippen molar-refractivity contribution < 1.29 is 19.1 Å². The van der Waals surface area contributed by atoms with Crippen LogP contribution < -0.4 is 10.1 Å². The minimum atomic E-state index is -0.547. The monoisotopic (exact) mass is 398 g/mol. The van der Waals surface area contributed by atoms with Crippen molar-refractivity contribution in [2.45, 2.75) is 13.2 Å². The summed E-state index contributed by atoms with van der Waals surface area (Å²) in [5, 5.41) is 14.6. The minimum absolute atomic E-state index is 0.0141. The van der Waals surface area contributed by atoms with E-state index in [4.69, 9.17) is 14.2 Å². The van der Waals surface area contributed by atoms with Crippen molar-refractivity contribution in [3.05, 3.63) is 75.2 Å². The van der Waals surface area contributed by atoms with Crippen LogP contribution in [-0.4, -0.2) is 18.1 Å². The summed E-state index contributed by atoms with van der Waals surface area (Å²) in [5.74, 6) is 1.40. The molecule has 0 saturated carbocycles. The van der Waals surface area contributed by atoms with Crippen LogP contribution >= 0.6 is 11.3 Å². The van der Waals surface area contributed by atoms with Crippen LogP contribution in [0.3, 0.4) is 0 Å². The maximum absolute atomic E-state index is 11.5. The molecule has 0 amide bonds. The molecule has 4 rings (SSSR count). The lowest BCUT2D eigenvalue weighted by molar-refractivity contribution is -0.379. The third-order valence-electron chi connectivity index (χ3n) is 4.19. The first-order valence-corrected chi connectivity index (χ1v) is 9.54. The van der Waals surface area contributed by atoms with Gasteiger partial charge in [0.1, 0.15) is 17.2 Å². The first-order valence-electron chi connectivity index (χ1n) is 8.72. The van der Waals surface area contributed by atoms with Crippen LogP contribution in [-0.2, 0) is 9.47 Å². The van der Waals surface area contributed by atoms with E-state index in [1.54, 1.807) is 6.07 Å². The van der Waals surface area contributed by atoms with Crippen molar-refractivity contribution in [3.63, 3.8) is 0 Å². The molecule has 0 spiro atoms. The lowest BCUT2D eigenvalue weighted by Crippen LogP contribution is -1.95. The number of aryl methyl sites for hydroxylation is 1. The molecular formula is C20H18N2O5S. The highest BCUT2D eigenvalue weighted by Gasteiger charge is 2.27. The lowest BCUT2D eigenvalue weighted by atomic mass is 10.2. The van der Waals surface area contributed by atoms with Crippen molar-refractivity contribution in [1.29, 1.82) is 0 Å². The molecule has 7 nitrogen and oxygen atoms in total. The molecule has 1 N–H and O–H groups in total. The van der Waals surface area contributed by atoms with Crippen LogP contribution in [0.15, 0.2) is 54.6 Å². The van der Waals surface area contributed by atoms with Gasteiger partial charge in [0, 0.05) is 11.8 Å². The fourth-order valence-electron chi connectivity index (χ4n) is 2.82. The van der Waals surface area contributed by atoms with Crippen molar-refractivity contribution in [1.82, 2.24) is 0 Å². The second-order valence-electron chi connectivity index (χ2n) is 6.22. The molecule has 0 bridgehead atoms. The van der Waals surface area contributed by atoms with Gasteiger partial charge in [-0.25, -0.2) is 0 Å². The molecular weight excluding hydrogens is 380 g/mol. The van der Waals surface area contributed by atoms with E-state index in [9.17, 15) is 10.1 Å². The molecule has 0 aliphatic carbocycles. The molecule has 1 saturated heterocycles. The number of rotatable bonds is 6. The van der Waals surface area contributed by atoms with Gasteiger partial charge in [0.05, 0.1) is 23.0 Å². The van der Waals surface area contributed by atoms with Crippen LogP contribution in [0.25, 0.3) is 0 Å². The van der Waals surface area contributed by atoms with E-state index in [0.717, 1.165) is 22.6 Å². The second kappa shape index (κ2) is 7.97. The number of hydrogen-bond donors (Lipinski definition) is 1. The van der Waals surface area contributed by atoms with Gasteiger partial charge in [-0.15, -0.1) is 0 Å². The Bertz CT molecular complexity index is 984. The molecule has 144 valence electrons. The van der Waals surface area contributed by atoms with E-state index < -0.39 is 11.2 Å². The number of nitrogens with zero attached hydrogens (tertiary/aromatic N) is 1. The highest BCUT2D eigenvalue weighted by Crippen LogP contribution is 2.42. The van der Waals surface area contributed by atoms with Crippen molar-refractivity contribution >= 4 is 27.7 Å². The van der Waals surface area contributed by atoms with Crippen LogP contribution in [0.1, 0.15) is 16.7 Å². The fourth-order valence-corrected chi connectivity index (χ4v) is 3.75. The maximum Gasteiger partial charge on any atom is 0.347 e. The third kappa shape index (κ3) is 3.99. The van der Waals surface area contributed by atoms with Crippen LogP contribution in [0.4, 0.5) is 16.4 Å². The Balaban J connectivity index is 1.60. The zero-order chi connectivity index (χ0) is 19.5. The minimum Gasteiger partial charge on any atom is -0.457 e. The van der Waals surface area contributed by atoms with E-state index >= 15 is 0 Å². The zero-order valence-electron chi connectivity index (χ0n) is 15.1. The molecule has 2 aromatic carbocycles. The molecule has 0 radical (unpaired) electrons. The summed E-state index contributed by atoms with van der Waals surface area (Å²) in [6.45, 7) is 2.91. The Morgan fingerprint density at radius 3 is 2.61 bits per heavy atom. The van der Waals surface area contributed by atoms with Gasteiger partial charge in [-0.2, -0.15) is 0 Å². The average Bonchev–Trinajstić information content (AvgIpc) is 3.35. The van der Waals surface area contributed by atoms with Gasteiger partial charge in [0.25, 0.3) is 0 Å². The lowest BCUT2D eigenvalue weighted by Gasteiger charge is -2.11. The number of para-hydroxylation sites is 1. The first-order chi connectivity index (χ1) is 13.6. The summed E-state index contributed by atoms with van der Waals surface area (Å²) in [4.78, 5) is 11.7. The number of anilines is 2. The Kier molecular flexibility index (Phi) is 5.25. The summed E-state index contributed by atoms with van der Waals surface area (Å²) < 4.78 is 16.9. The second-order valence-corrected chi connectivity index (χ2v) is 7.28. The highest BCUT2D eigenvalue weighted by molar-refractivity contribution is 7.16. The Hall–Kier alpha value is -2.94. The largest absolute Gasteiger partial charge is 0.457 e. The number of nitrogens with one attached hydrogen (secondary N) is 1. The molecule has 28 heavy (non-hydrogen) atoms. The summed E-state index contributed by atoms with van der Waals surface area (Å²) in [7, 11) is 0. The van der Waals surface area contributed by atoms with Crippen LogP contribution in [0.5, 0.6) is 11.5 Å². The van der Waals surface area contributed by atoms with Crippen molar-refractivity contribution in [2.24, 2.45) is 0 Å². The van der Waals surface area contributed by atoms with Gasteiger partial charge in [0.2, 0.25) is 0 Å². The Morgan fingerprint density at radius 2 is 1.89 bits per heavy atom. The highest BCUT2D eigenvalue weighted by atomic mass is 32.1. The van der Waals surface area contributed by atoms with E-state index in [1.807, 2.05) is 55.5 Å². The molecule has 3 aromatic rings. The topological polar surface area (TPSA) is 82.9 Å². The summed E-state index contributed by atoms with van der Waals surface area (Å²) in [5.41, 5.74) is 2.05. The van der Waals surface area contributed by atoms with Gasteiger partial charge in [-0.05, 0) is 36.8 Å². The van der Waals surface area contributed by atoms with E-state index in [1.165, 1.54) is 0 Å². The van der Waals surface area contributed by atoms with Gasteiger partial charge in [0.15, 0.2) is 6.29 Å².